The Kier molecular flexibility index (Phi) is 7.72. The molecule has 0 spiro atoms. The SMILES string of the molecule is NCC(=O)OCC(=O)O.O=C(O)C(F)(F)F. The Morgan fingerprint density at radius 1 is 1.19 bits per heavy atom. The maximum absolute atomic E-state index is 10.6. The molecule has 0 bridgehead atoms. The van der Waals surface area contributed by atoms with Crippen LogP contribution in [-0.4, -0.2) is 47.4 Å². The average molecular weight is 247 g/mol. The second kappa shape index (κ2) is 7.45. The topological polar surface area (TPSA) is 127 Å². The Morgan fingerprint density at radius 2 is 1.56 bits per heavy atom. The Labute approximate surface area is 86.6 Å². The zero-order valence-corrected chi connectivity index (χ0v) is 7.65. The summed E-state index contributed by atoms with van der Waals surface area (Å²) in [5, 5.41) is 15.1. The molecule has 0 atom stereocenters. The van der Waals surface area contributed by atoms with E-state index in [1.54, 1.807) is 0 Å². The van der Waals surface area contributed by atoms with Crippen molar-refractivity contribution in [3.8, 4) is 0 Å². The van der Waals surface area contributed by atoms with E-state index in [2.05, 4.69) is 4.74 Å². The molecule has 10 heteroatoms. The number of carbonyl (C=O) groups is 3. The number of rotatable bonds is 3. The first-order valence-electron chi connectivity index (χ1n) is 3.48. The normalized spacial score (nSPS) is 9.75. The minimum atomic E-state index is -5.08. The monoisotopic (exact) mass is 247 g/mol. The number of alkyl halides is 3. The number of halogens is 3. The van der Waals surface area contributed by atoms with E-state index in [0.29, 0.717) is 0 Å². The summed E-state index contributed by atoms with van der Waals surface area (Å²) in [5.74, 6) is -4.65. The van der Waals surface area contributed by atoms with Gasteiger partial charge < -0.3 is 20.7 Å². The zero-order chi connectivity index (χ0) is 13.4. The van der Waals surface area contributed by atoms with E-state index in [4.69, 9.17) is 20.7 Å². The fraction of sp³-hybridized carbons (Fsp3) is 0.500. The predicted octanol–water partition coefficient (Wildman–Crippen LogP) is -0.794. The molecular formula is C6H8F3NO6. The van der Waals surface area contributed by atoms with Crippen LogP contribution in [0, 0.1) is 0 Å². The first kappa shape index (κ1) is 16.6. The van der Waals surface area contributed by atoms with E-state index < -0.39 is 30.7 Å². The molecule has 0 radical (unpaired) electrons. The van der Waals surface area contributed by atoms with Crippen molar-refractivity contribution < 1.29 is 42.5 Å². The number of aliphatic carboxylic acids is 2. The number of hydrogen-bond donors (Lipinski definition) is 3. The van der Waals surface area contributed by atoms with Crippen LogP contribution in [-0.2, 0) is 19.1 Å². The number of esters is 1. The van der Waals surface area contributed by atoms with E-state index >= 15 is 0 Å². The van der Waals surface area contributed by atoms with Crippen molar-refractivity contribution in [3.05, 3.63) is 0 Å². The number of hydrogen-bond acceptors (Lipinski definition) is 5. The summed E-state index contributed by atoms with van der Waals surface area (Å²) in [4.78, 5) is 28.7. The van der Waals surface area contributed by atoms with Gasteiger partial charge in [-0.15, -0.1) is 0 Å². The molecule has 0 fully saturated rings. The average Bonchev–Trinajstić information content (AvgIpc) is 2.13. The molecule has 4 N–H and O–H groups in total. The molecule has 0 aliphatic heterocycles. The fourth-order valence-electron chi connectivity index (χ4n) is 0.201. The highest BCUT2D eigenvalue weighted by molar-refractivity contribution is 5.76. The molecule has 0 aliphatic carbocycles. The van der Waals surface area contributed by atoms with Crippen molar-refractivity contribution in [1.29, 1.82) is 0 Å². The van der Waals surface area contributed by atoms with Crippen LogP contribution in [0.5, 0.6) is 0 Å². The van der Waals surface area contributed by atoms with Crippen molar-refractivity contribution in [2.45, 2.75) is 6.18 Å². The van der Waals surface area contributed by atoms with Gasteiger partial charge in [-0.25, -0.2) is 9.59 Å². The van der Waals surface area contributed by atoms with Gasteiger partial charge in [-0.2, -0.15) is 13.2 Å². The smallest absolute Gasteiger partial charge is 0.479 e. The van der Waals surface area contributed by atoms with Crippen molar-refractivity contribution in [1.82, 2.24) is 0 Å². The van der Waals surface area contributed by atoms with Gasteiger partial charge in [0.05, 0.1) is 6.54 Å². The van der Waals surface area contributed by atoms with E-state index in [0.717, 1.165) is 0 Å². The standard InChI is InChI=1S/C4H7NO4.C2HF3O2/c5-1-4(8)9-2-3(6)7;3-2(4,5)1(6)7/h1-2,5H2,(H,6,7);(H,6,7). The number of ether oxygens (including phenoxy) is 1. The van der Waals surface area contributed by atoms with Crippen LogP contribution >= 0.6 is 0 Å². The molecule has 0 aliphatic rings. The minimum absolute atomic E-state index is 0.284. The lowest BCUT2D eigenvalue weighted by molar-refractivity contribution is -0.192. The van der Waals surface area contributed by atoms with Crippen LogP contribution in [0.3, 0.4) is 0 Å². The van der Waals surface area contributed by atoms with E-state index in [1.165, 1.54) is 0 Å². The summed E-state index contributed by atoms with van der Waals surface area (Å²) in [6.07, 6.45) is -5.08. The van der Waals surface area contributed by atoms with Gasteiger partial charge in [0.1, 0.15) is 0 Å². The Bertz CT molecular complexity index is 263. The van der Waals surface area contributed by atoms with Crippen molar-refractivity contribution in [2.24, 2.45) is 5.73 Å². The second-order valence-corrected chi connectivity index (χ2v) is 2.06. The first-order chi connectivity index (χ1) is 7.11. The minimum Gasteiger partial charge on any atom is -0.479 e. The summed E-state index contributed by atoms with van der Waals surface area (Å²) in [5.41, 5.74) is 4.79. The molecule has 0 unspecified atom stereocenters. The third-order valence-electron chi connectivity index (χ3n) is 0.766. The lowest BCUT2D eigenvalue weighted by Gasteiger charge is -1.95. The third kappa shape index (κ3) is 12.2. The molecule has 0 amide bonds. The number of nitrogens with two attached hydrogens (primary N) is 1. The molecule has 0 aromatic rings. The van der Waals surface area contributed by atoms with Crippen LogP contribution in [0.4, 0.5) is 13.2 Å². The molecule has 0 heterocycles. The van der Waals surface area contributed by atoms with Crippen LogP contribution in [0.2, 0.25) is 0 Å². The lowest BCUT2D eigenvalue weighted by atomic mass is 10.7. The van der Waals surface area contributed by atoms with Crippen molar-refractivity contribution >= 4 is 17.9 Å². The Balaban J connectivity index is 0. The van der Waals surface area contributed by atoms with Crippen LogP contribution < -0.4 is 5.73 Å². The summed E-state index contributed by atoms with van der Waals surface area (Å²) in [6, 6.07) is 0. The number of carboxylic acid groups (broad SMARTS) is 2. The quantitative estimate of drug-likeness (QED) is 0.557. The van der Waals surface area contributed by atoms with Gasteiger partial charge in [-0.1, -0.05) is 0 Å². The van der Waals surface area contributed by atoms with Gasteiger partial charge in [0.2, 0.25) is 0 Å². The van der Waals surface area contributed by atoms with Gasteiger partial charge >= 0.3 is 24.1 Å². The van der Waals surface area contributed by atoms with Gasteiger partial charge in [-0.3, -0.25) is 4.79 Å². The Hall–Kier alpha value is -1.84. The highest BCUT2D eigenvalue weighted by Gasteiger charge is 2.38. The molecule has 0 rings (SSSR count). The van der Waals surface area contributed by atoms with E-state index in [-0.39, 0.29) is 6.54 Å². The maximum atomic E-state index is 10.6. The van der Waals surface area contributed by atoms with Crippen LogP contribution in [0.1, 0.15) is 0 Å². The zero-order valence-electron chi connectivity index (χ0n) is 7.65. The van der Waals surface area contributed by atoms with Crippen LogP contribution in [0.15, 0.2) is 0 Å². The highest BCUT2D eigenvalue weighted by Crippen LogP contribution is 2.13. The molecule has 0 aromatic heterocycles. The predicted molar refractivity (Wildman–Crippen MR) is 41.3 cm³/mol. The summed E-state index contributed by atoms with van der Waals surface area (Å²) in [6.45, 7) is -0.899. The van der Waals surface area contributed by atoms with Gasteiger partial charge in [0.15, 0.2) is 6.61 Å². The summed E-state index contributed by atoms with van der Waals surface area (Å²) in [7, 11) is 0. The molecule has 0 aromatic carbocycles. The van der Waals surface area contributed by atoms with Gasteiger partial charge in [0, 0.05) is 0 Å². The van der Waals surface area contributed by atoms with E-state index in [1.807, 2.05) is 0 Å². The van der Waals surface area contributed by atoms with Crippen molar-refractivity contribution in [2.75, 3.05) is 13.2 Å². The molecule has 0 saturated carbocycles. The van der Waals surface area contributed by atoms with Gasteiger partial charge in [-0.05, 0) is 0 Å². The first-order valence-corrected chi connectivity index (χ1v) is 3.48. The summed E-state index contributed by atoms with van der Waals surface area (Å²) < 4.78 is 35.8. The van der Waals surface area contributed by atoms with Crippen LogP contribution in [0.25, 0.3) is 0 Å². The number of carboxylic acids is 2. The number of carbonyl (C=O) groups excluding carboxylic acids is 1. The van der Waals surface area contributed by atoms with Crippen molar-refractivity contribution in [3.63, 3.8) is 0 Å². The third-order valence-corrected chi connectivity index (χ3v) is 0.766. The molecule has 7 nitrogen and oxygen atoms in total. The van der Waals surface area contributed by atoms with Gasteiger partial charge in [0.25, 0.3) is 0 Å². The molecule has 0 saturated heterocycles. The van der Waals surface area contributed by atoms with E-state index in [9.17, 15) is 22.8 Å². The lowest BCUT2D eigenvalue weighted by Crippen LogP contribution is -2.21. The molecule has 16 heavy (non-hydrogen) atoms. The summed E-state index contributed by atoms with van der Waals surface area (Å²) >= 11 is 0. The fourth-order valence-corrected chi connectivity index (χ4v) is 0.201. The second-order valence-electron chi connectivity index (χ2n) is 2.06. The largest absolute Gasteiger partial charge is 0.490 e. The Morgan fingerprint density at radius 3 is 1.75 bits per heavy atom. The molecule has 94 valence electrons. The molecular weight excluding hydrogens is 239 g/mol. The highest BCUT2D eigenvalue weighted by atomic mass is 19.4. The maximum Gasteiger partial charge on any atom is 0.490 e.